The molecule has 0 aromatic rings. The fourth-order valence-electron chi connectivity index (χ4n) is 3.39. The van der Waals surface area contributed by atoms with E-state index < -0.39 is 47.7 Å². The lowest BCUT2D eigenvalue weighted by Gasteiger charge is -2.28. The number of amides is 3. The molecule has 2 N–H and O–H groups in total. The molecule has 0 bridgehead atoms. The first-order valence-electron chi connectivity index (χ1n) is 10.6. The molecule has 1 heterocycles. The molecule has 1 rings (SSSR count). The molecule has 0 radical (unpaired) electrons. The molecule has 11 heteroatoms. The average Bonchev–Trinajstić information content (AvgIpc) is 3.25. The van der Waals surface area contributed by atoms with Crippen LogP contribution >= 0.6 is 11.6 Å². The Balaban J connectivity index is 2.61. The molecule has 0 aromatic heterocycles. The van der Waals surface area contributed by atoms with E-state index in [9.17, 15) is 28.8 Å². The van der Waals surface area contributed by atoms with Gasteiger partial charge in [-0.05, 0) is 26.7 Å². The van der Waals surface area contributed by atoms with Gasteiger partial charge in [0.15, 0.2) is 11.6 Å². The van der Waals surface area contributed by atoms with Crippen LogP contribution in [0.1, 0.15) is 52.9 Å². The summed E-state index contributed by atoms with van der Waals surface area (Å²) in [6.45, 7) is 4.98. The molecular formula is C21H32ClN3O7. The summed E-state index contributed by atoms with van der Waals surface area (Å²) in [7, 11) is 1.22. The first-order chi connectivity index (χ1) is 15.0. The minimum Gasteiger partial charge on any atom is -0.469 e. The molecule has 0 saturated carbocycles. The van der Waals surface area contributed by atoms with Gasteiger partial charge in [-0.2, -0.15) is 0 Å². The van der Waals surface area contributed by atoms with Gasteiger partial charge >= 0.3 is 5.97 Å². The topological polar surface area (TPSA) is 139 Å². The van der Waals surface area contributed by atoms with Gasteiger partial charge in [-0.15, -0.1) is 11.6 Å². The average molecular weight is 474 g/mol. The van der Waals surface area contributed by atoms with Gasteiger partial charge in [-0.1, -0.05) is 6.92 Å². The Hall–Kier alpha value is -2.49. The fourth-order valence-corrected chi connectivity index (χ4v) is 3.66. The number of rotatable bonds is 12. The van der Waals surface area contributed by atoms with E-state index in [2.05, 4.69) is 15.4 Å². The molecule has 0 aliphatic carbocycles. The Kier molecular flexibility index (Phi) is 11.3. The maximum Gasteiger partial charge on any atom is 0.306 e. The Bertz CT molecular complexity index is 743. The summed E-state index contributed by atoms with van der Waals surface area (Å²) in [5.74, 6) is -3.11. The highest BCUT2D eigenvalue weighted by Crippen LogP contribution is 2.22. The number of halogens is 1. The standard InChI is InChI=1S/C21H32ClN3O7/c1-12(17(27)11-22)10-16(26)15-6-5-9-25(15)21(31)14(3)24-20(30)13(2)23-18(28)7-8-19(29)32-4/h12-15H,5-11H2,1-4H3,(H,23,28)(H,24,30). The third-order valence-electron chi connectivity index (χ3n) is 5.38. The van der Waals surface area contributed by atoms with Crippen molar-refractivity contribution in [2.45, 2.75) is 71.0 Å². The van der Waals surface area contributed by atoms with E-state index in [1.807, 2.05) is 0 Å². The number of hydrogen-bond acceptors (Lipinski definition) is 7. The van der Waals surface area contributed by atoms with E-state index >= 15 is 0 Å². The molecule has 1 aliphatic rings. The van der Waals surface area contributed by atoms with E-state index in [0.717, 1.165) is 0 Å². The first kappa shape index (κ1) is 27.5. The highest BCUT2D eigenvalue weighted by atomic mass is 35.5. The summed E-state index contributed by atoms with van der Waals surface area (Å²) in [5, 5.41) is 5.00. The van der Waals surface area contributed by atoms with Crippen molar-refractivity contribution >= 4 is 46.9 Å². The summed E-state index contributed by atoms with van der Waals surface area (Å²) in [4.78, 5) is 73.9. The quantitative estimate of drug-likeness (QED) is 0.308. The molecule has 1 fully saturated rings. The molecule has 0 spiro atoms. The van der Waals surface area contributed by atoms with E-state index in [1.165, 1.54) is 25.9 Å². The van der Waals surface area contributed by atoms with Crippen LogP contribution in [0.25, 0.3) is 0 Å². The molecular weight excluding hydrogens is 442 g/mol. The Morgan fingerprint density at radius 2 is 1.69 bits per heavy atom. The van der Waals surface area contributed by atoms with Crippen molar-refractivity contribution in [1.82, 2.24) is 15.5 Å². The van der Waals surface area contributed by atoms with Gasteiger partial charge < -0.3 is 20.3 Å². The van der Waals surface area contributed by atoms with Crippen LogP contribution in [0.4, 0.5) is 0 Å². The predicted molar refractivity (Wildman–Crippen MR) is 116 cm³/mol. The van der Waals surface area contributed by atoms with Crippen LogP contribution in [-0.2, 0) is 33.5 Å². The summed E-state index contributed by atoms with van der Waals surface area (Å²) in [6, 6.07) is -2.47. The zero-order valence-electron chi connectivity index (χ0n) is 18.9. The highest BCUT2D eigenvalue weighted by molar-refractivity contribution is 6.28. The van der Waals surface area contributed by atoms with E-state index in [4.69, 9.17) is 11.6 Å². The van der Waals surface area contributed by atoms with Gasteiger partial charge in [0.05, 0.1) is 25.5 Å². The maximum atomic E-state index is 12.9. The molecule has 10 nitrogen and oxygen atoms in total. The third kappa shape index (κ3) is 8.22. The minimum atomic E-state index is -0.922. The van der Waals surface area contributed by atoms with Crippen molar-refractivity contribution in [2.24, 2.45) is 5.92 Å². The molecule has 1 aliphatic heterocycles. The van der Waals surface area contributed by atoms with Gasteiger partial charge in [0, 0.05) is 25.3 Å². The second-order valence-electron chi connectivity index (χ2n) is 7.96. The van der Waals surface area contributed by atoms with Gasteiger partial charge in [-0.25, -0.2) is 0 Å². The number of carbonyl (C=O) groups is 6. The first-order valence-corrected chi connectivity index (χ1v) is 11.1. The number of Topliss-reactive ketones (excluding diaryl/α,β-unsaturated/α-hetero) is 2. The number of carbonyl (C=O) groups excluding carboxylic acids is 6. The van der Waals surface area contributed by atoms with Crippen molar-refractivity contribution in [3.05, 3.63) is 0 Å². The maximum absolute atomic E-state index is 12.9. The van der Waals surface area contributed by atoms with Crippen LogP contribution in [0.3, 0.4) is 0 Å². The largest absolute Gasteiger partial charge is 0.469 e. The summed E-state index contributed by atoms with van der Waals surface area (Å²) in [5.41, 5.74) is 0. The van der Waals surface area contributed by atoms with Crippen LogP contribution in [0.15, 0.2) is 0 Å². The molecule has 4 atom stereocenters. The van der Waals surface area contributed by atoms with Crippen molar-refractivity contribution in [2.75, 3.05) is 19.5 Å². The van der Waals surface area contributed by atoms with Crippen LogP contribution in [-0.4, -0.2) is 77.8 Å². The number of ether oxygens (including phenoxy) is 1. The summed E-state index contributed by atoms with van der Waals surface area (Å²) >= 11 is 5.54. The molecule has 3 amide bonds. The van der Waals surface area contributed by atoms with E-state index in [1.54, 1.807) is 6.92 Å². The van der Waals surface area contributed by atoms with Crippen molar-refractivity contribution in [3.63, 3.8) is 0 Å². The summed E-state index contributed by atoms with van der Waals surface area (Å²) in [6.07, 6.45) is 0.925. The second-order valence-corrected chi connectivity index (χ2v) is 8.22. The van der Waals surface area contributed by atoms with Gasteiger partial charge in [0.1, 0.15) is 12.1 Å². The zero-order chi connectivity index (χ0) is 24.4. The third-order valence-corrected chi connectivity index (χ3v) is 5.64. The normalized spacial score (nSPS) is 18.3. The molecule has 180 valence electrons. The Morgan fingerprint density at radius 3 is 2.28 bits per heavy atom. The lowest BCUT2D eigenvalue weighted by atomic mass is 9.96. The highest BCUT2D eigenvalue weighted by Gasteiger charge is 2.37. The number of hydrogen-bond donors (Lipinski definition) is 2. The minimum absolute atomic E-state index is 0.00931. The zero-order valence-corrected chi connectivity index (χ0v) is 19.7. The van der Waals surface area contributed by atoms with Crippen LogP contribution < -0.4 is 10.6 Å². The number of likely N-dealkylation sites (tertiary alicyclic amines) is 1. The van der Waals surface area contributed by atoms with Crippen LogP contribution in [0.2, 0.25) is 0 Å². The number of alkyl halides is 1. The van der Waals surface area contributed by atoms with Crippen molar-refractivity contribution in [3.8, 4) is 0 Å². The van der Waals surface area contributed by atoms with Gasteiger partial charge in [0.25, 0.3) is 0 Å². The summed E-state index contributed by atoms with van der Waals surface area (Å²) < 4.78 is 4.46. The molecule has 1 saturated heterocycles. The number of nitrogens with zero attached hydrogens (tertiary/aromatic N) is 1. The second kappa shape index (κ2) is 13.1. The van der Waals surface area contributed by atoms with Crippen LogP contribution in [0.5, 0.6) is 0 Å². The van der Waals surface area contributed by atoms with E-state index in [-0.39, 0.29) is 36.7 Å². The molecule has 32 heavy (non-hydrogen) atoms. The monoisotopic (exact) mass is 473 g/mol. The Morgan fingerprint density at radius 1 is 1.03 bits per heavy atom. The molecule has 4 unspecified atom stereocenters. The van der Waals surface area contributed by atoms with E-state index in [0.29, 0.717) is 19.4 Å². The SMILES string of the molecule is COC(=O)CCC(=O)NC(C)C(=O)NC(C)C(=O)N1CCCC1C(=O)CC(C)C(=O)CCl. The van der Waals surface area contributed by atoms with Crippen molar-refractivity contribution in [1.29, 1.82) is 0 Å². The smallest absolute Gasteiger partial charge is 0.306 e. The lowest BCUT2D eigenvalue weighted by molar-refractivity contribution is -0.142. The predicted octanol–water partition coefficient (Wildman–Crippen LogP) is 0.343. The fraction of sp³-hybridized carbons (Fsp3) is 0.714. The number of nitrogens with one attached hydrogen (secondary N) is 2. The Labute approximate surface area is 192 Å². The number of ketones is 2. The number of methoxy groups -OCH3 is 1. The van der Waals surface area contributed by atoms with Crippen LogP contribution in [0, 0.1) is 5.92 Å². The van der Waals surface area contributed by atoms with Gasteiger partial charge in [0.2, 0.25) is 17.7 Å². The molecule has 0 aromatic carbocycles. The lowest BCUT2D eigenvalue weighted by Crippen LogP contribution is -2.54. The van der Waals surface area contributed by atoms with Crippen molar-refractivity contribution < 1.29 is 33.5 Å². The number of esters is 1. The van der Waals surface area contributed by atoms with Gasteiger partial charge in [-0.3, -0.25) is 28.8 Å².